The summed E-state index contributed by atoms with van der Waals surface area (Å²) in [5, 5.41) is 13.3. The maximum absolute atomic E-state index is 12.2. The second-order valence-electron chi connectivity index (χ2n) is 8.10. The number of hydrogen-bond donors (Lipinski definition) is 2. The number of carbonyl (C=O) groups is 1. The molecule has 0 radical (unpaired) electrons. The lowest BCUT2D eigenvalue weighted by Crippen LogP contribution is -2.47. The van der Waals surface area contributed by atoms with Gasteiger partial charge in [0.2, 0.25) is 5.91 Å². The van der Waals surface area contributed by atoms with E-state index >= 15 is 0 Å². The highest BCUT2D eigenvalue weighted by Gasteiger charge is 2.34. The van der Waals surface area contributed by atoms with Crippen LogP contribution in [0.25, 0.3) is 0 Å². The van der Waals surface area contributed by atoms with Crippen LogP contribution in [0.15, 0.2) is 0 Å². The molecule has 1 aliphatic carbocycles. The van der Waals surface area contributed by atoms with E-state index in [2.05, 4.69) is 26.1 Å². The van der Waals surface area contributed by atoms with Crippen molar-refractivity contribution in [1.82, 2.24) is 5.32 Å². The first-order chi connectivity index (χ1) is 9.78. The predicted octanol–water partition coefficient (Wildman–Crippen LogP) is 2.50. The largest absolute Gasteiger partial charge is 0.388 e. The summed E-state index contributed by atoms with van der Waals surface area (Å²) in [5.74, 6) is 1.27. The average Bonchev–Trinajstić information content (AvgIpc) is 2.35. The Morgan fingerprint density at radius 3 is 2.57 bits per heavy atom. The monoisotopic (exact) mass is 297 g/mol. The van der Waals surface area contributed by atoms with E-state index in [0.29, 0.717) is 56.3 Å². The molecule has 122 valence electrons. The lowest BCUT2D eigenvalue weighted by molar-refractivity contribution is -0.125. The number of amides is 1. The Morgan fingerprint density at radius 1 is 1.29 bits per heavy atom. The molecule has 1 aliphatic heterocycles. The zero-order valence-electron chi connectivity index (χ0n) is 13.8. The maximum atomic E-state index is 12.2. The first kappa shape index (κ1) is 16.8. The van der Waals surface area contributed by atoms with Gasteiger partial charge in [-0.15, -0.1) is 0 Å². The van der Waals surface area contributed by atoms with E-state index in [9.17, 15) is 9.90 Å². The van der Waals surface area contributed by atoms with Gasteiger partial charge in [-0.3, -0.25) is 4.79 Å². The first-order valence-electron chi connectivity index (χ1n) is 8.35. The molecule has 0 aromatic rings. The van der Waals surface area contributed by atoms with Crippen molar-refractivity contribution in [2.75, 3.05) is 19.8 Å². The van der Waals surface area contributed by atoms with Gasteiger partial charge in [-0.05, 0) is 36.5 Å². The lowest BCUT2D eigenvalue weighted by atomic mass is 9.67. The van der Waals surface area contributed by atoms with Gasteiger partial charge in [-0.1, -0.05) is 20.8 Å². The van der Waals surface area contributed by atoms with Gasteiger partial charge in [-0.25, -0.2) is 0 Å². The smallest absolute Gasteiger partial charge is 0.220 e. The molecule has 1 saturated heterocycles. The molecule has 1 heterocycles. The van der Waals surface area contributed by atoms with Crippen LogP contribution >= 0.6 is 0 Å². The minimum atomic E-state index is -0.771. The van der Waals surface area contributed by atoms with Crippen molar-refractivity contribution in [2.24, 2.45) is 17.3 Å². The van der Waals surface area contributed by atoms with E-state index in [4.69, 9.17) is 4.74 Å². The molecule has 2 N–H and O–H groups in total. The van der Waals surface area contributed by atoms with Crippen LogP contribution in [0.3, 0.4) is 0 Å². The molecule has 2 aliphatic rings. The van der Waals surface area contributed by atoms with Gasteiger partial charge >= 0.3 is 0 Å². The first-order valence-corrected chi connectivity index (χ1v) is 8.35. The van der Waals surface area contributed by atoms with E-state index in [0.717, 1.165) is 12.8 Å². The highest BCUT2D eigenvalue weighted by molar-refractivity contribution is 5.76. The lowest BCUT2D eigenvalue weighted by Gasteiger charge is -2.39. The summed E-state index contributed by atoms with van der Waals surface area (Å²) in [6.45, 7) is 8.43. The molecule has 0 aromatic heterocycles. The van der Waals surface area contributed by atoms with E-state index in [-0.39, 0.29) is 5.91 Å². The fourth-order valence-electron chi connectivity index (χ4n) is 4.22. The van der Waals surface area contributed by atoms with Crippen LogP contribution in [0, 0.1) is 17.3 Å². The second-order valence-corrected chi connectivity index (χ2v) is 8.10. The molecular weight excluding hydrogens is 266 g/mol. The molecule has 2 unspecified atom stereocenters. The number of nitrogens with one attached hydrogen (secondary N) is 1. The molecule has 21 heavy (non-hydrogen) atoms. The molecule has 0 bridgehead atoms. The molecule has 1 saturated carbocycles. The van der Waals surface area contributed by atoms with Crippen molar-refractivity contribution in [2.45, 2.75) is 64.9 Å². The minimum absolute atomic E-state index is 0.0878. The summed E-state index contributed by atoms with van der Waals surface area (Å²) in [6.07, 6.45) is 5.35. The van der Waals surface area contributed by atoms with Crippen LogP contribution in [0.2, 0.25) is 0 Å². The van der Waals surface area contributed by atoms with Gasteiger partial charge in [0.15, 0.2) is 0 Å². The van der Waals surface area contributed by atoms with Gasteiger partial charge in [0.1, 0.15) is 0 Å². The molecule has 1 amide bonds. The highest BCUT2D eigenvalue weighted by Crippen LogP contribution is 2.42. The third kappa shape index (κ3) is 5.26. The topological polar surface area (TPSA) is 58.6 Å². The minimum Gasteiger partial charge on any atom is -0.388 e. The van der Waals surface area contributed by atoms with Crippen LogP contribution in [0.5, 0.6) is 0 Å². The average molecular weight is 297 g/mol. The normalized spacial score (nSPS) is 31.6. The Balaban J connectivity index is 1.76. The third-order valence-electron chi connectivity index (χ3n) is 4.99. The summed E-state index contributed by atoms with van der Waals surface area (Å²) >= 11 is 0. The molecule has 2 atom stereocenters. The zero-order chi connectivity index (χ0) is 15.5. The van der Waals surface area contributed by atoms with E-state index < -0.39 is 5.60 Å². The Hall–Kier alpha value is -0.610. The maximum Gasteiger partial charge on any atom is 0.220 e. The molecule has 0 spiro atoms. The molecule has 0 aromatic carbocycles. The zero-order valence-corrected chi connectivity index (χ0v) is 13.8. The molecule has 4 nitrogen and oxygen atoms in total. The number of hydrogen-bond acceptors (Lipinski definition) is 3. The highest BCUT2D eigenvalue weighted by atomic mass is 16.5. The van der Waals surface area contributed by atoms with Crippen molar-refractivity contribution in [3.63, 3.8) is 0 Å². The standard InChI is InChI=1S/C17H31NO3/c1-13-8-14(11-16(2,3)10-13)9-15(19)18-12-17(20)4-6-21-7-5-17/h13-14,20H,4-12H2,1-3H3,(H,18,19). The summed E-state index contributed by atoms with van der Waals surface area (Å²) in [6, 6.07) is 0. The molecule has 4 heteroatoms. The molecular formula is C17H31NO3. The summed E-state index contributed by atoms with van der Waals surface area (Å²) in [7, 11) is 0. The van der Waals surface area contributed by atoms with Crippen LogP contribution < -0.4 is 5.32 Å². The summed E-state index contributed by atoms with van der Waals surface area (Å²) < 4.78 is 5.26. The van der Waals surface area contributed by atoms with Crippen molar-refractivity contribution >= 4 is 5.91 Å². The van der Waals surface area contributed by atoms with Crippen LogP contribution in [-0.4, -0.2) is 36.4 Å². The van der Waals surface area contributed by atoms with Gasteiger partial charge in [-0.2, -0.15) is 0 Å². The van der Waals surface area contributed by atoms with Crippen molar-refractivity contribution in [3.8, 4) is 0 Å². The second kappa shape index (κ2) is 6.66. The number of aliphatic hydroxyl groups is 1. The molecule has 2 rings (SSSR count). The Bertz CT molecular complexity index is 361. The van der Waals surface area contributed by atoms with Crippen molar-refractivity contribution < 1.29 is 14.6 Å². The third-order valence-corrected chi connectivity index (χ3v) is 4.99. The quantitative estimate of drug-likeness (QED) is 0.838. The number of carbonyl (C=O) groups excluding carboxylic acids is 1. The van der Waals surface area contributed by atoms with Gasteiger partial charge in [0, 0.05) is 39.0 Å². The van der Waals surface area contributed by atoms with E-state index in [1.165, 1.54) is 6.42 Å². The van der Waals surface area contributed by atoms with Gasteiger partial charge in [0.25, 0.3) is 0 Å². The summed E-state index contributed by atoms with van der Waals surface area (Å²) in [5.41, 5.74) is -0.422. The van der Waals surface area contributed by atoms with E-state index in [1.54, 1.807) is 0 Å². The van der Waals surface area contributed by atoms with Crippen molar-refractivity contribution in [1.29, 1.82) is 0 Å². The number of ether oxygens (including phenoxy) is 1. The molecule has 2 fully saturated rings. The van der Waals surface area contributed by atoms with E-state index in [1.807, 2.05) is 0 Å². The Kier molecular flexibility index (Phi) is 5.31. The Labute approximate surface area is 128 Å². The predicted molar refractivity (Wildman–Crippen MR) is 82.9 cm³/mol. The van der Waals surface area contributed by atoms with Gasteiger partial charge in [0.05, 0.1) is 5.60 Å². The van der Waals surface area contributed by atoms with Crippen LogP contribution in [0.4, 0.5) is 0 Å². The Morgan fingerprint density at radius 2 is 1.95 bits per heavy atom. The van der Waals surface area contributed by atoms with Gasteiger partial charge < -0.3 is 15.2 Å². The fourth-order valence-corrected chi connectivity index (χ4v) is 4.22. The van der Waals surface area contributed by atoms with Crippen LogP contribution in [-0.2, 0) is 9.53 Å². The van der Waals surface area contributed by atoms with Crippen molar-refractivity contribution in [3.05, 3.63) is 0 Å². The summed E-state index contributed by atoms with van der Waals surface area (Å²) in [4.78, 5) is 12.2. The van der Waals surface area contributed by atoms with Crippen LogP contribution in [0.1, 0.15) is 59.3 Å². The number of rotatable bonds is 4. The fraction of sp³-hybridized carbons (Fsp3) is 0.941. The SMILES string of the molecule is CC1CC(CC(=O)NCC2(O)CCOCC2)CC(C)(C)C1.